The summed E-state index contributed by atoms with van der Waals surface area (Å²) in [4.78, 5) is 23.5. The summed E-state index contributed by atoms with van der Waals surface area (Å²) in [6, 6.07) is 10.0. The molecule has 0 aromatic heterocycles. The lowest BCUT2D eigenvalue weighted by molar-refractivity contribution is 0.0337. The lowest BCUT2D eigenvalue weighted by atomic mass is 9.99. The molecule has 1 atom stereocenters. The molecule has 4 nitrogen and oxygen atoms in total. The zero-order chi connectivity index (χ0) is 14.7. The van der Waals surface area contributed by atoms with Gasteiger partial charge in [-0.05, 0) is 30.9 Å². The highest BCUT2D eigenvalue weighted by Gasteiger charge is 2.18. The minimum absolute atomic E-state index is 0.110. The summed E-state index contributed by atoms with van der Waals surface area (Å²) in [5, 5.41) is 10.4. The fraction of sp³-hybridized carbons (Fsp3) is 0.250. The Morgan fingerprint density at radius 3 is 2.30 bits per heavy atom. The SMILES string of the molecule is CCC(C)OC(=O)c1cccc2cccc(C(=O)O)c12. The maximum Gasteiger partial charge on any atom is 0.339 e. The number of carboxylic acids is 1. The zero-order valence-corrected chi connectivity index (χ0v) is 11.4. The summed E-state index contributed by atoms with van der Waals surface area (Å²) in [5.41, 5.74) is 0.403. The second kappa shape index (κ2) is 5.74. The van der Waals surface area contributed by atoms with E-state index in [4.69, 9.17) is 4.74 Å². The van der Waals surface area contributed by atoms with Gasteiger partial charge in [0.15, 0.2) is 0 Å². The van der Waals surface area contributed by atoms with Crippen molar-refractivity contribution in [3.8, 4) is 0 Å². The molecule has 0 spiro atoms. The molecule has 0 fully saturated rings. The van der Waals surface area contributed by atoms with Crippen LogP contribution >= 0.6 is 0 Å². The molecule has 2 aromatic rings. The first-order chi connectivity index (χ1) is 9.54. The Balaban J connectivity index is 2.58. The number of ether oxygens (including phenoxy) is 1. The van der Waals surface area contributed by atoms with Crippen molar-refractivity contribution in [1.82, 2.24) is 0 Å². The van der Waals surface area contributed by atoms with Crippen LogP contribution in [0.3, 0.4) is 0 Å². The molecule has 1 N–H and O–H groups in total. The van der Waals surface area contributed by atoms with Crippen molar-refractivity contribution in [3.63, 3.8) is 0 Å². The van der Waals surface area contributed by atoms with E-state index in [1.54, 1.807) is 37.3 Å². The summed E-state index contributed by atoms with van der Waals surface area (Å²) in [7, 11) is 0. The molecule has 0 aliphatic carbocycles. The predicted octanol–water partition coefficient (Wildman–Crippen LogP) is 3.49. The minimum Gasteiger partial charge on any atom is -0.478 e. The van der Waals surface area contributed by atoms with Crippen LogP contribution in [0.5, 0.6) is 0 Å². The first-order valence-electron chi connectivity index (χ1n) is 6.50. The van der Waals surface area contributed by atoms with E-state index in [1.807, 2.05) is 6.92 Å². The normalized spacial score (nSPS) is 12.1. The number of fused-ring (bicyclic) bond motifs is 1. The Hall–Kier alpha value is -2.36. The fourth-order valence-electron chi connectivity index (χ4n) is 2.02. The van der Waals surface area contributed by atoms with E-state index in [2.05, 4.69) is 0 Å². The highest BCUT2D eigenvalue weighted by atomic mass is 16.5. The number of aromatic carboxylic acids is 1. The van der Waals surface area contributed by atoms with Gasteiger partial charge in [-0.25, -0.2) is 9.59 Å². The van der Waals surface area contributed by atoms with Crippen LogP contribution in [0.25, 0.3) is 10.8 Å². The molecule has 0 amide bonds. The molecule has 20 heavy (non-hydrogen) atoms. The molecule has 0 radical (unpaired) electrons. The third-order valence-corrected chi connectivity index (χ3v) is 3.24. The van der Waals surface area contributed by atoms with Crippen molar-refractivity contribution in [2.24, 2.45) is 0 Å². The number of carbonyl (C=O) groups excluding carboxylic acids is 1. The Kier molecular flexibility index (Phi) is 4.03. The van der Waals surface area contributed by atoms with Gasteiger partial charge in [0, 0.05) is 5.39 Å². The van der Waals surface area contributed by atoms with Crippen LogP contribution in [0.15, 0.2) is 36.4 Å². The number of hydrogen-bond acceptors (Lipinski definition) is 3. The Labute approximate surface area is 117 Å². The molecule has 2 rings (SSSR count). The van der Waals surface area contributed by atoms with Crippen molar-refractivity contribution < 1.29 is 19.4 Å². The van der Waals surface area contributed by atoms with Crippen molar-refractivity contribution in [3.05, 3.63) is 47.5 Å². The van der Waals surface area contributed by atoms with Crippen molar-refractivity contribution in [2.45, 2.75) is 26.4 Å². The molecular weight excluding hydrogens is 256 g/mol. The summed E-state index contributed by atoms with van der Waals surface area (Å²) in [5.74, 6) is -1.54. The molecule has 0 saturated carbocycles. The Morgan fingerprint density at radius 2 is 1.75 bits per heavy atom. The topological polar surface area (TPSA) is 63.6 Å². The molecule has 4 heteroatoms. The third-order valence-electron chi connectivity index (χ3n) is 3.24. The highest BCUT2D eigenvalue weighted by Crippen LogP contribution is 2.24. The van der Waals surface area contributed by atoms with Crippen molar-refractivity contribution in [1.29, 1.82) is 0 Å². The maximum atomic E-state index is 12.2. The van der Waals surface area contributed by atoms with Gasteiger partial charge in [0.05, 0.1) is 17.2 Å². The largest absolute Gasteiger partial charge is 0.478 e. The van der Waals surface area contributed by atoms with Crippen LogP contribution in [0.1, 0.15) is 41.0 Å². The van der Waals surface area contributed by atoms with Gasteiger partial charge in [0.1, 0.15) is 0 Å². The van der Waals surface area contributed by atoms with Crippen molar-refractivity contribution >= 4 is 22.7 Å². The van der Waals surface area contributed by atoms with Crippen LogP contribution in [0.4, 0.5) is 0 Å². The zero-order valence-electron chi connectivity index (χ0n) is 11.4. The number of benzene rings is 2. The van der Waals surface area contributed by atoms with Gasteiger partial charge in [-0.3, -0.25) is 0 Å². The highest BCUT2D eigenvalue weighted by molar-refractivity contribution is 6.12. The summed E-state index contributed by atoms with van der Waals surface area (Å²) in [6.07, 6.45) is 0.511. The molecule has 0 aliphatic rings. The van der Waals surface area contributed by atoms with Crippen LogP contribution in [0.2, 0.25) is 0 Å². The van der Waals surface area contributed by atoms with Crippen LogP contribution in [-0.2, 0) is 4.74 Å². The number of carboxylic acid groups (broad SMARTS) is 1. The molecular formula is C16H16O4. The molecule has 0 saturated heterocycles. The number of esters is 1. The number of hydrogen-bond donors (Lipinski definition) is 1. The van der Waals surface area contributed by atoms with Gasteiger partial charge in [-0.15, -0.1) is 0 Å². The molecule has 2 aromatic carbocycles. The van der Waals surface area contributed by atoms with E-state index in [1.165, 1.54) is 6.07 Å². The number of rotatable bonds is 4. The second-order valence-electron chi connectivity index (χ2n) is 4.64. The smallest absolute Gasteiger partial charge is 0.339 e. The molecule has 0 aliphatic heterocycles. The van der Waals surface area contributed by atoms with E-state index >= 15 is 0 Å². The van der Waals surface area contributed by atoms with Gasteiger partial charge in [-0.2, -0.15) is 0 Å². The van der Waals surface area contributed by atoms with Crippen molar-refractivity contribution in [2.75, 3.05) is 0 Å². The fourth-order valence-corrected chi connectivity index (χ4v) is 2.02. The minimum atomic E-state index is -1.06. The summed E-state index contributed by atoms with van der Waals surface area (Å²) < 4.78 is 5.30. The molecule has 1 unspecified atom stereocenters. The van der Waals surface area contributed by atoms with Gasteiger partial charge in [-0.1, -0.05) is 31.2 Å². The maximum absolute atomic E-state index is 12.2. The molecule has 104 valence electrons. The second-order valence-corrected chi connectivity index (χ2v) is 4.64. The van der Waals surface area contributed by atoms with E-state index in [0.29, 0.717) is 22.8 Å². The first kappa shape index (κ1) is 14.1. The molecule has 0 bridgehead atoms. The van der Waals surface area contributed by atoms with E-state index in [-0.39, 0.29) is 11.7 Å². The number of carbonyl (C=O) groups is 2. The van der Waals surface area contributed by atoms with Gasteiger partial charge < -0.3 is 9.84 Å². The first-order valence-corrected chi connectivity index (χ1v) is 6.50. The average Bonchev–Trinajstić information content (AvgIpc) is 2.45. The molecule has 0 heterocycles. The lowest BCUT2D eigenvalue weighted by Crippen LogP contribution is -2.15. The van der Waals surface area contributed by atoms with Gasteiger partial charge >= 0.3 is 11.9 Å². The third kappa shape index (κ3) is 2.64. The van der Waals surface area contributed by atoms with E-state index < -0.39 is 11.9 Å². The van der Waals surface area contributed by atoms with E-state index in [0.717, 1.165) is 0 Å². The monoisotopic (exact) mass is 272 g/mol. The van der Waals surface area contributed by atoms with Crippen LogP contribution < -0.4 is 0 Å². The standard InChI is InChI=1S/C16H16O4/c1-3-10(2)20-16(19)13-9-5-7-11-6-4-8-12(14(11)13)15(17)18/h4-10H,3H2,1-2H3,(H,17,18). The summed E-state index contributed by atoms with van der Waals surface area (Å²) >= 11 is 0. The summed E-state index contributed by atoms with van der Waals surface area (Å²) in [6.45, 7) is 3.73. The van der Waals surface area contributed by atoms with E-state index in [9.17, 15) is 14.7 Å². The quantitative estimate of drug-likeness (QED) is 0.865. The average molecular weight is 272 g/mol. The van der Waals surface area contributed by atoms with Gasteiger partial charge in [0.2, 0.25) is 0 Å². The predicted molar refractivity (Wildman–Crippen MR) is 76.1 cm³/mol. The van der Waals surface area contributed by atoms with Crippen LogP contribution in [0, 0.1) is 0 Å². The Bertz CT molecular complexity index is 655. The lowest BCUT2D eigenvalue weighted by Gasteiger charge is -2.13. The van der Waals surface area contributed by atoms with Gasteiger partial charge in [0.25, 0.3) is 0 Å². The Morgan fingerprint density at radius 1 is 1.15 bits per heavy atom. The van der Waals surface area contributed by atoms with Crippen LogP contribution in [-0.4, -0.2) is 23.1 Å².